The van der Waals surface area contributed by atoms with Crippen molar-refractivity contribution in [1.29, 1.82) is 0 Å². The Morgan fingerprint density at radius 3 is 2.34 bits per heavy atom. The van der Waals surface area contributed by atoms with Crippen LogP contribution < -0.4 is 10.1 Å². The Morgan fingerprint density at radius 2 is 1.78 bits per heavy atom. The highest BCUT2D eigenvalue weighted by Gasteiger charge is 2.40. The minimum Gasteiger partial charge on any atom is -0.492 e. The van der Waals surface area contributed by atoms with Crippen LogP contribution in [0.2, 0.25) is 0 Å². The quantitative estimate of drug-likeness (QED) is 0.404. The number of nitrogens with zero attached hydrogens (tertiary/aromatic N) is 1. The third-order valence-electron chi connectivity index (χ3n) is 6.00. The van der Waals surface area contributed by atoms with Crippen LogP contribution >= 0.6 is 0 Å². The van der Waals surface area contributed by atoms with Gasteiger partial charge in [0.2, 0.25) is 0 Å². The van der Waals surface area contributed by atoms with Gasteiger partial charge in [0.15, 0.2) is 0 Å². The monoisotopic (exact) mass is 446 g/mol. The fourth-order valence-corrected chi connectivity index (χ4v) is 4.73. The fraction of sp³-hybridized carbons (Fsp3) is 0.741. The number of rotatable bonds is 13. The van der Waals surface area contributed by atoms with E-state index in [1.54, 1.807) is 0 Å². The van der Waals surface area contributed by atoms with Gasteiger partial charge in [0.1, 0.15) is 18.0 Å². The van der Waals surface area contributed by atoms with E-state index in [4.69, 9.17) is 9.47 Å². The second-order valence-electron chi connectivity index (χ2n) is 10.4. The Kier molecular flexibility index (Phi) is 11.0. The number of piperidine rings is 1. The van der Waals surface area contributed by atoms with Crippen molar-refractivity contribution in [2.45, 2.75) is 79.2 Å². The number of hydrogen-bond acceptors (Lipinski definition) is 4. The zero-order valence-corrected chi connectivity index (χ0v) is 21.3. The number of anilines is 1. The summed E-state index contributed by atoms with van der Waals surface area (Å²) in [6.07, 6.45) is 4.95. The third-order valence-corrected chi connectivity index (χ3v) is 6.00. The maximum absolute atomic E-state index is 13.4. The molecule has 1 aliphatic rings. The van der Waals surface area contributed by atoms with E-state index in [-0.39, 0.29) is 5.91 Å². The van der Waals surface area contributed by atoms with Crippen LogP contribution in [0.1, 0.15) is 73.6 Å². The summed E-state index contributed by atoms with van der Waals surface area (Å²) in [6.45, 7) is 17.6. The van der Waals surface area contributed by atoms with Crippen LogP contribution in [0, 0.1) is 17.8 Å². The van der Waals surface area contributed by atoms with E-state index < -0.39 is 5.60 Å². The van der Waals surface area contributed by atoms with Crippen molar-refractivity contribution in [3.05, 3.63) is 24.3 Å². The summed E-state index contributed by atoms with van der Waals surface area (Å²) in [5.74, 6) is 2.32. The van der Waals surface area contributed by atoms with Crippen LogP contribution in [-0.4, -0.2) is 49.3 Å². The molecule has 0 aliphatic carbocycles. The lowest BCUT2D eigenvalue weighted by molar-refractivity contribution is -0.147. The van der Waals surface area contributed by atoms with Crippen molar-refractivity contribution in [3.8, 4) is 5.75 Å². The van der Waals surface area contributed by atoms with Gasteiger partial charge >= 0.3 is 0 Å². The third kappa shape index (κ3) is 8.74. The second kappa shape index (κ2) is 13.2. The second-order valence-corrected chi connectivity index (χ2v) is 10.4. The molecule has 1 aromatic carbocycles. The van der Waals surface area contributed by atoms with Gasteiger partial charge in [-0.3, -0.25) is 9.69 Å². The summed E-state index contributed by atoms with van der Waals surface area (Å²) in [6, 6.07) is 7.72. The van der Waals surface area contributed by atoms with E-state index in [1.807, 2.05) is 24.3 Å². The summed E-state index contributed by atoms with van der Waals surface area (Å²) >= 11 is 0. The van der Waals surface area contributed by atoms with Crippen molar-refractivity contribution in [2.75, 3.05) is 38.2 Å². The molecule has 1 saturated heterocycles. The Labute approximate surface area is 196 Å². The van der Waals surface area contributed by atoms with Crippen LogP contribution in [0.3, 0.4) is 0 Å². The zero-order valence-electron chi connectivity index (χ0n) is 21.3. The molecule has 1 fully saturated rings. The molecule has 0 bridgehead atoms. The molecule has 0 radical (unpaired) electrons. The Bertz CT molecular complexity index is 662. The molecule has 182 valence electrons. The van der Waals surface area contributed by atoms with Crippen LogP contribution in [0.5, 0.6) is 5.75 Å². The van der Waals surface area contributed by atoms with E-state index in [1.165, 1.54) is 25.9 Å². The Balaban J connectivity index is 1.95. The SMILES string of the molecule is CCCOC(CC(C)C)(CC(C)C)C(=O)Nc1ccc(OCCN2CCCC(C)C2)cc1. The van der Waals surface area contributed by atoms with Crippen molar-refractivity contribution in [2.24, 2.45) is 17.8 Å². The predicted molar refractivity (Wildman–Crippen MR) is 133 cm³/mol. The average molecular weight is 447 g/mol. The smallest absolute Gasteiger partial charge is 0.256 e. The van der Waals surface area contributed by atoms with Crippen LogP contribution in [0.4, 0.5) is 5.69 Å². The summed E-state index contributed by atoms with van der Waals surface area (Å²) in [7, 11) is 0. The molecule has 1 aromatic rings. The number of ether oxygens (including phenoxy) is 2. The van der Waals surface area contributed by atoms with Gasteiger partial charge in [0, 0.05) is 25.4 Å². The lowest BCUT2D eigenvalue weighted by Crippen LogP contribution is -2.47. The Hall–Kier alpha value is -1.59. The summed E-state index contributed by atoms with van der Waals surface area (Å²) < 4.78 is 12.2. The molecule has 1 amide bonds. The number of amides is 1. The highest BCUT2D eigenvalue weighted by Crippen LogP contribution is 2.31. The molecule has 5 nitrogen and oxygen atoms in total. The molecule has 0 aromatic heterocycles. The van der Waals surface area contributed by atoms with Gasteiger partial charge in [-0.15, -0.1) is 0 Å². The highest BCUT2D eigenvalue weighted by molar-refractivity contribution is 5.97. The maximum Gasteiger partial charge on any atom is 0.256 e. The van der Waals surface area contributed by atoms with Gasteiger partial charge in [-0.2, -0.15) is 0 Å². The number of carbonyl (C=O) groups excluding carboxylic acids is 1. The number of benzene rings is 1. The first-order valence-electron chi connectivity index (χ1n) is 12.6. The topological polar surface area (TPSA) is 50.8 Å². The lowest BCUT2D eigenvalue weighted by Gasteiger charge is -2.35. The highest BCUT2D eigenvalue weighted by atomic mass is 16.5. The van der Waals surface area contributed by atoms with Crippen molar-refractivity contribution >= 4 is 11.6 Å². The molecule has 0 saturated carbocycles. The largest absolute Gasteiger partial charge is 0.492 e. The van der Waals surface area contributed by atoms with E-state index in [9.17, 15) is 4.79 Å². The first-order valence-corrected chi connectivity index (χ1v) is 12.6. The number of carbonyl (C=O) groups is 1. The zero-order chi connectivity index (χ0) is 23.6. The molecular formula is C27H46N2O3. The predicted octanol–water partition coefficient (Wildman–Crippen LogP) is 5.99. The molecule has 32 heavy (non-hydrogen) atoms. The minimum atomic E-state index is -0.793. The first-order chi connectivity index (χ1) is 15.2. The first kappa shape index (κ1) is 26.7. The fourth-order valence-electron chi connectivity index (χ4n) is 4.73. The van der Waals surface area contributed by atoms with Crippen molar-refractivity contribution in [3.63, 3.8) is 0 Å². The molecule has 1 heterocycles. The van der Waals surface area contributed by atoms with Gasteiger partial charge in [0.05, 0.1) is 0 Å². The Morgan fingerprint density at radius 1 is 1.12 bits per heavy atom. The van der Waals surface area contributed by atoms with Gasteiger partial charge < -0.3 is 14.8 Å². The molecule has 0 spiro atoms. The van der Waals surface area contributed by atoms with E-state index in [0.717, 1.165) is 30.3 Å². The molecule has 1 N–H and O–H groups in total. The van der Waals surface area contributed by atoms with Crippen molar-refractivity contribution in [1.82, 2.24) is 4.90 Å². The van der Waals surface area contributed by atoms with Gasteiger partial charge in [0.25, 0.3) is 5.91 Å². The number of nitrogens with one attached hydrogen (secondary N) is 1. The summed E-state index contributed by atoms with van der Waals surface area (Å²) in [4.78, 5) is 15.9. The standard InChI is InChI=1S/C27H46N2O3/c1-7-16-32-27(18-21(2)3,19-22(4)5)26(30)28-24-10-12-25(13-11-24)31-17-15-29-14-8-9-23(6)20-29/h10-13,21-23H,7-9,14-20H2,1-6H3,(H,28,30). The van der Waals surface area contributed by atoms with E-state index >= 15 is 0 Å². The number of hydrogen-bond donors (Lipinski definition) is 1. The lowest BCUT2D eigenvalue weighted by atomic mass is 9.83. The van der Waals surface area contributed by atoms with Crippen LogP contribution in [0.25, 0.3) is 0 Å². The van der Waals surface area contributed by atoms with Gasteiger partial charge in [-0.25, -0.2) is 0 Å². The van der Waals surface area contributed by atoms with Gasteiger partial charge in [-0.1, -0.05) is 41.5 Å². The molecule has 5 heteroatoms. The summed E-state index contributed by atoms with van der Waals surface area (Å²) in [5, 5.41) is 3.11. The van der Waals surface area contributed by atoms with Crippen LogP contribution in [0.15, 0.2) is 24.3 Å². The van der Waals surface area contributed by atoms with Crippen molar-refractivity contribution < 1.29 is 14.3 Å². The van der Waals surface area contributed by atoms with E-state index in [2.05, 4.69) is 51.8 Å². The molecule has 2 rings (SSSR count). The maximum atomic E-state index is 13.4. The van der Waals surface area contributed by atoms with Gasteiger partial charge in [-0.05, 0) is 80.7 Å². The molecular weight excluding hydrogens is 400 g/mol. The number of likely N-dealkylation sites (tertiary alicyclic amines) is 1. The normalized spacial score (nSPS) is 17.7. The average Bonchev–Trinajstić information content (AvgIpc) is 2.72. The molecule has 1 unspecified atom stereocenters. The molecule has 1 atom stereocenters. The van der Waals surface area contributed by atoms with Crippen LogP contribution in [-0.2, 0) is 9.53 Å². The molecule has 1 aliphatic heterocycles. The van der Waals surface area contributed by atoms with E-state index in [0.29, 0.717) is 37.9 Å². The summed E-state index contributed by atoms with van der Waals surface area (Å²) in [5.41, 5.74) is -0.0109. The minimum absolute atomic E-state index is 0.0405.